The van der Waals surface area contributed by atoms with Gasteiger partial charge >= 0.3 is 0 Å². The van der Waals surface area contributed by atoms with Gasteiger partial charge in [-0.25, -0.2) is 0 Å². The van der Waals surface area contributed by atoms with Crippen molar-refractivity contribution in [3.8, 4) is 0 Å². The lowest BCUT2D eigenvalue weighted by Gasteiger charge is -2.07. The van der Waals surface area contributed by atoms with E-state index in [0.29, 0.717) is 13.0 Å². The summed E-state index contributed by atoms with van der Waals surface area (Å²) in [6, 6.07) is 6.66. The molecule has 0 N–H and O–H groups in total. The first kappa shape index (κ1) is 22.1. The molecule has 0 unspecified atom stereocenters. The van der Waals surface area contributed by atoms with Crippen LogP contribution in [-0.2, 0) is 23.8 Å². The van der Waals surface area contributed by atoms with E-state index in [2.05, 4.69) is 6.92 Å². The zero-order valence-corrected chi connectivity index (χ0v) is 16.4. The Balaban J connectivity index is 1.97. The Morgan fingerprint density at radius 2 is 1.24 bits per heavy atom. The lowest BCUT2D eigenvalue weighted by molar-refractivity contribution is 0.0986. The van der Waals surface area contributed by atoms with Gasteiger partial charge in [-0.1, -0.05) is 31.0 Å². The highest BCUT2D eigenvalue weighted by Gasteiger charge is 2.14. The molecule has 6 heteroatoms. The molecule has 1 aromatic rings. The molecule has 1 rings (SSSR count). The number of hydrogen-bond acceptors (Lipinski definition) is 5. The molecule has 0 atom stereocenters. The SMILES string of the molecule is CCCCOCCCCOCCCCOS(=O)(=O)c1ccc(C)cc1. The zero-order chi connectivity index (χ0) is 18.4. The van der Waals surface area contributed by atoms with Gasteiger partial charge in [0.2, 0.25) is 0 Å². The van der Waals surface area contributed by atoms with Crippen molar-refractivity contribution in [1.82, 2.24) is 0 Å². The molecular weight excluding hydrogens is 340 g/mol. The minimum atomic E-state index is -3.65. The summed E-state index contributed by atoms with van der Waals surface area (Å²) >= 11 is 0. The lowest BCUT2D eigenvalue weighted by atomic mass is 10.2. The summed E-state index contributed by atoms with van der Waals surface area (Å²) in [5, 5.41) is 0. The molecule has 0 saturated carbocycles. The van der Waals surface area contributed by atoms with Gasteiger partial charge in [-0.15, -0.1) is 0 Å². The van der Waals surface area contributed by atoms with E-state index in [0.717, 1.165) is 51.1 Å². The van der Waals surface area contributed by atoms with Crippen LogP contribution in [0.15, 0.2) is 29.2 Å². The number of aryl methyl sites for hydroxylation is 1. The topological polar surface area (TPSA) is 61.8 Å². The van der Waals surface area contributed by atoms with E-state index in [-0.39, 0.29) is 11.5 Å². The van der Waals surface area contributed by atoms with Crippen LogP contribution in [0.4, 0.5) is 0 Å². The van der Waals surface area contributed by atoms with E-state index in [1.807, 2.05) is 6.92 Å². The van der Waals surface area contributed by atoms with Gasteiger partial charge in [0.1, 0.15) is 0 Å². The normalized spacial score (nSPS) is 11.8. The van der Waals surface area contributed by atoms with Crippen LogP contribution in [0.2, 0.25) is 0 Å². The molecule has 1 aromatic carbocycles. The second kappa shape index (κ2) is 13.3. The van der Waals surface area contributed by atoms with Crippen LogP contribution in [0.1, 0.15) is 51.0 Å². The Labute approximate surface area is 152 Å². The van der Waals surface area contributed by atoms with Crippen molar-refractivity contribution in [3.63, 3.8) is 0 Å². The minimum Gasteiger partial charge on any atom is -0.381 e. The first-order valence-corrected chi connectivity index (χ1v) is 10.6. The summed E-state index contributed by atoms with van der Waals surface area (Å²) in [5.41, 5.74) is 1.02. The maximum absolute atomic E-state index is 12.0. The summed E-state index contributed by atoms with van der Waals surface area (Å²) in [6.45, 7) is 7.25. The second-order valence-corrected chi connectivity index (χ2v) is 7.70. The van der Waals surface area contributed by atoms with Crippen molar-refractivity contribution < 1.29 is 22.1 Å². The van der Waals surface area contributed by atoms with Crippen LogP contribution in [0.5, 0.6) is 0 Å². The smallest absolute Gasteiger partial charge is 0.296 e. The van der Waals surface area contributed by atoms with Crippen LogP contribution >= 0.6 is 0 Å². The molecule has 0 spiro atoms. The van der Waals surface area contributed by atoms with E-state index >= 15 is 0 Å². The van der Waals surface area contributed by atoms with E-state index in [1.165, 1.54) is 6.42 Å². The van der Waals surface area contributed by atoms with Gasteiger partial charge in [-0.3, -0.25) is 4.18 Å². The quantitative estimate of drug-likeness (QED) is 0.343. The highest BCUT2D eigenvalue weighted by Crippen LogP contribution is 2.13. The summed E-state index contributed by atoms with van der Waals surface area (Å²) in [6.07, 6.45) is 5.74. The first-order valence-electron chi connectivity index (χ1n) is 9.18. The molecule has 0 saturated heterocycles. The van der Waals surface area contributed by atoms with Gasteiger partial charge in [-0.05, 0) is 51.2 Å². The van der Waals surface area contributed by atoms with E-state index < -0.39 is 10.1 Å². The number of rotatable bonds is 15. The van der Waals surface area contributed by atoms with Gasteiger partial charge in [0.25, 0.3) is 10.1 Å². The van der Waals surface area contributed by atoms with Crippen molar-refractivity contribution in [2.45, 2.75) is 57.3 Å². The molecule has 0 aromatic heterocycles. The number of benzene rings is 1. The number of ether oxygens (including phenoxy) is 2. The third kappa shape index (κ3) is 10.6. The molecule has 0 fully saturated rings. The van der Waals surface area contributed by atoms with Crippen molar-refractivity contribution in [2.24, 2.45) is 0 Å². The second-order valence-electron chi connectivity index (χ2n) is 6.08. The van der Waals surface area contributed by atoms with Crippen LogP contribution in [0.25, 0.3) is 0 Å². The number of hydrogen-bond donors (Lipinski definition) is 0. The summed E-state index contributed by atoms with van der Waals surface area (Å²) < 4.78 is 40.0. The Morgan fingerprint density at radius 1 is 0.760 bits per heavy atom. The Bertz CT molecular complexity index is 539. The molecule has 0 aliphatic carbocycles. The summed E-state index contributed by atoms with van der Waals surface area (Å²) in [7, 11) is -3.65. The molecule has 0 amide bonds. The van der Waals surface area contributed by atoms with Gasteiger partial charge in [0.15, 0.2) is 0 Å². The molecule has 0 aliphatic rings. The maximum atomic E-state index is 12.0. The molecule has 0 bridgehead atoms. The molecule has 0 aliphatic heterocycles. The fourth-order valence-electron chi connectivity index (χ4n) is 2.11. The number of unbranched alkanes of at least 4 members (excludes halogenated alkanes) is 3. The van der Waals surface area contributed by atoms with Gasteiger partial charge < -0.3 is 9.47 Å². The Morgan fingerprint density at radius 3 is 1.76 bits per heavy atom. The van der Waals surface area contributed by atoms with Crippen LogP contribution < -0.4 is 0 Å². The van der Waals surface area contributed by atoms with Crippen molar-refractivity contribution in [1.29, 1.82) is 0 Å². The lowest BCUT2D eigenvalue weighted by Crippen LogP contribution is -2.08. The summed E-state index contributed by atoms with van der Waals surface area (Å²) in [5.74, 6) is 0. The zero-order valence-electron chi connectivity index (χ0n) is 15.5. The fourth-order valence-corrected chi connectivity index (χ4v) is 3.05. The third-order valence-electron chi connectivity index (χ3n) is 3.70. The highest BCUT2D eigenvalue weighted by atomic mass is 32.2. The summed E-state index contributed by atoms with van der Waals surface area (Å²) in [4.78, 5) is 0.204. The molecule has 144 valence electrons. The van der Waals surface area contributed by atoms with Gasteiger partial charge in [0.05, 0.1) is 11.5 Å². The van der Waals surface area contributed by atoms with Crippen molar-refractivity contribution >= 4 is 10.1 Å². The molecule has 25 heavy (non-hydrogen) atoms. The van der Waals surface area contributed by atoms with Gasteiger partial charge in [0, 0.05) is 26.4 Å². The van der Waals surface area contributed by atoms with Crippen LogP contribution in [-0.4, -0.2) is 41.5 Å². The molecule has 5 nitrogen and oxygen atoms in total. The Kier molecular flexibility index (Phi) is 11.7. The van der Waals surface area contributed by atoms with Crippen molar-refractivity contribution in [3.05, 3.63) is 29.8 Å². The van der Waals surface area contributed by atoms with Crippen LogP contribution in [0.3, 0.4) is 0 Å². The monoisotopic (exact) mass is 372 g/mol. The molecule has 0 radical (unpaired) electrons. The fraction of sp³-hybridized carbons (Fsp3) is 0.684. The van der Waals surface area contributed by atoms with Crippen LogP contribution in [0, 0.1) is 6.92 Å². The average Bonchev–Trinajstić information content (AvgIpc) is 2.59. The first-order chi connectivity index (χ1) is 12.1. The van der Waals surface area contributed by atoms with Gasteiger partial charge in [-0.2, -0.15) is 8.42 Å². The van der Waals surface area contributed by atoms with E-state index in [1.54, 1.807) is 24.3 Å². The highest BCUT2D eigenvalue weighted by molar-refractivity contribution is 7.86. The third-order valence-corrected chi connectivity index (χ3v) is 5.03. The predicted octanol–water partition coefficient (Wildman–Crippen LogP) is 4.09. The average molecular weight is 373 g/mol. The Hall–Kier alpha value is -0.950. The maximum Gasteiger partial charge on any atom is 0.296 e. The van der Waals surface area contributed by atoms with E-state index in [9.17, 15) is 8.42 Å². The molecular formula is C19H32O5S. The molecule has 0 heterocycles. The predicted molar refractivity (Wildman–Crippen MR) is 99.3 cm³/mol. The largest absolute Gasteiger partial charge is 0.381 e. The standard InChI is InChI=1S/C19H32O5S/c1-3-4-13-22-14-5-6-15-23-16-7-8-17-24-25(20,21)19-11-9-18(2)10-12-19/h9-12H,3-8,13-17H2,1-2H3. The minimum absolute atomic E-state index is 0.185. The van der Waals surface area contributed by atoms with E-state index in [4.69, 9.17) is 13.7 Å². The van der Waals surface area contributed by atoms with Crippen molar-refractivity contribution in [2.75, 3.05) is 33.0 Å².